The number of halogens is 3. The summed E-state index contributed by atoms with van der Waals surface area (Å²) in [5.41, 5.74) is 2.47. The van der Waals surface area contributed by atoms with Crippen molar-refractivity contribution in [3.8, 4) is 17.1 Å². The summed E-state index contributed by atoms with van der Waals surface area (Å²) < 4.78 is 1.87. The molecule has 2 aromatic carbocycles. The first-order valence-corrected chi connectivity index (χ1v) is 13.6. The number of aliphatic imine (C=N–C) groups is 3. The smallest absolute Gasteiger partial charge is 0.255 e. The van der Waals surface area contributed by atoms with Crippen LogP contribution in [0.4, 0.5) is 5.82 Å². The highest BCUT2D eigenvalue weighted by atomic mass is 35.5. The summed E-state index contributed by atoms with van der Waals surface area (Å²) in [5.74, 6) is 1.58. The molecule has 0 spiro atoms. The monoisotopic (exact) mass is 595 g/mol. The summed E-state index contributed by atoms with van der Waals surface area (Å²) in [6.07, 6.45) is 5.01. The summed E-state index contributed by atoms with van der Waals surface area (Å²) >= 11 is 19.0. The highest BCUT2D eigenvalue weighted by Crippen LogP contribution is 2.37. The van der Waals surface area contributed by atoms with Gasteiger partial charge in [0, 0.05) is 60.7 Å². The van der Waals surface area contributed by atoms with Crippen LogP contribution >= 0.6 is 34.8 Å². The van der Waals surface area contributed by atoms with E-state index in [0.29, 0.717) is 75.6 Å². The second-order valence-electron chi connectivity index (χ2n) is 8.80. The van der Waals surface area contributed by atoms with Crippen molar-refractivity contribution in [1.29, 1.82) is 0 Å². The SMILES string of the molecule is C=N/C=C(\C=C/C)C(=O)N1CCN(/C(=N/C)c2nc(-c3ccc(Cl)cc3Cl)n(-c3ccc(Cl)cc3)c2N=C)CC1. The van der Waals surface area contributed by atoms with Gasteiger partial charge in [-0.15, -0.1) is 0 Å². The number of hydrogen-bond acceptors (Lipinski definition) is 5. The van der Waals surface area contributed by atoms with Crippen LogP contribution in [-0.2, 0) is 4.79 Å². The minimum absolute atomic E-state index is 0.0970. The number of imidazole rings is 1. The summed E-state index contributed by atoms with van der Waals surface area (Å²) in [7, 11) is 1.71. The number of aromatic nitrogens is 2. The molecule has 40 heavy (non-hydrogen) atoms. The Labute approximate surface area is 248 Å². The number of hydrogen-bond donors (Lipinski definition) is 0. The molecule has 1 fully saturated rings. The van der Waals surface area contributed by atoms with Crippen molar-refractivity contribution in [2.45, 2.75) is 6.92 Å². The van der Waals surface area contributed by atoms with E-state index in [2.05, 4.69) is 33.3 Å². The van der Waals surface area contributed by atoms with E-state index in [1.165, 1.54) is 6.20 Å². The van der Waals surface area contributed by atoms with Crippen LogP contribution in [0.1, 0.15) is 12.6 Å². The fourth-order valence-electron chi connectivity index (χ4n) is 4.54. The predicted octanol–water partition coefficient (Wildman–Crippen LogP) is 6.51. The van der Waals surface area contributed by atoms with Crippen LogP contribution in [0.15, 0.2) is 81.4 Å². The first kappa shape index (κ1) is 29.3. The van der Waals surface area contributed by atoms with Gasteiger partial charge in [-0.05, 0) is 62.8 Å². The van der Waals surface area contributed by atoms with Crippen molar-refractivity contribution in [3.05, 3.63) is 87.2 Å². The first-order chi connectivity index (χ1) is 19.3. The van der Waals surface area contributed by atoms with Gasteiger partial charge in [-0.3, -0.25) is 19.3 Å². The fourth-order valence-corrected chi connectivity index (χ4v) is 5.16. The van der Waals surface area contributed by atoms with E-state index in [9.17, 15) is 4.79 Å². The molecule has 1 aromatic heterocycles. The van der Waals surface area contributed by atoms with Crippen molar-refractivity contribution in [1.82, 2.24) is 19.4 Å². The molecule has 1 aliphatic rings. The molecule has 11 heteroatoms. The number of allylic oxidation sites excluding steroid dienone is 1. The van der Waals surface area contributed by atoms with E-state index in [0.717, 1.165) is 5.69 Å². The predicted molar refractivity (Wildman–Crippen MR) is 166 cm³/mol. The van der Waals surface area contributed by atoms with Gasteiger partial charge in [0.25, 0.3) is 5.91 Å². The summed E-state index contributed by atoms with van der Waals surface area (Å²) in [5, 5.41) is 1.55. The van der Waals surface area contributed by atoms with Gasteiger partial charge in [-0.25, -0.2) is 9.98 Å². The largest absolute Gasteiger partial charge is 0.351 e. The van der Waals surface area contributed by atoms with Crippen molar-refractivity contribution in [2.24, 2.45) is 15.0 Å². The van der Waals surface area contributed by atoms with Gasteiger partial charge in [-0.1, -0.05) is 47.0 Å². The maximum atomic E-state index is 13.0. The van der Waals surface area contributed by atoms with Crippen LogP contribution in [0.25, 0.3) is 17.1 Å². The Hall–Kier alpha value is -3.72. The molecule has 1 saturated heterocycles. The third-order valence-electron chi connectivity index (χ3n) is 6.37. The highest BCUT2D eigenvalue weighted by Gasteiger charge is 2.30. The number of rotatable bonds is 7. The lowest BCUT2D eigenvalue weighted by Gasteiger charge is -2.36. The summed E-state index contributed by atoms with van der Waals surface area (Å²) in [6, 6.07) is 12.6. The fraction of sp³-hybridized carbons (Fsp3) is 0.207. The van der Waals surface area contributed by atoms with Crippen molar-refractivity contribution < 1.29 is 4.79 Å². The van der Waals surface area contributed by atoms with E-state index in [1.807, 2.05) is 29.7 Å². The van der Waals surface area contributed by atoms with Crippen LogP contribution in [0.3, 0.4) is 0 Å². The number of piperazine rings is 1. The molecule has 0 saturated carbocycles. The average molecular weight is 597 g/mol. The Morgan fingerprint density at radius 1 is 0.975 bits per heavy atom. The van der Waals surface area contributed by atoms with Crippen LogP contribution < -0.4 is 0 Å². The molecule has 0 N–H and O–H groups in total. The lowest BCUT2D eigenvalue weighted by molar-refractivity contribution is -0.128. The Bertz CT molecular complexity index is 1520. The van der Waals surface area contributed by atoms with Crippen LogP contribution in [-0.4, -0.2) is 77.8 Å². The molecule has 2 heterocycles. The molecular weight excluding hydrogens is 569 g/mol. The van der Waals surface area contributed by atoms with Gasteiger partial charge in [0.2, 0.25) is 0 Å². The van der Waals surface area contributed by atoms with Crippen molar-refractivity contribution in [2.75, 3.05) is 33.2 Å². The zero-order chi connectivity index (χ0) is 28.8. The molecule has 1 aliphatic heterocycles. The maximum absolute atomic E-state index is 13.0. The minimum atomic E-state index is -0.0970. The first-order valence-electron chi connectivity index (χ1n) is 12.4. The van der Waals surface area contributed by atoms with Crippen molar-refractivity contribution >= 4 is 65.8 Å². The van der Waals surface area contributed by atoms with E-state index < -0.39 is 0 Å². The van der Waals surface area contributed by atoms with Crippen LogP contribution in [0.5, 0.6) is 0 Å². The molecule has 206 valence electrons. The number of amides is 1. The Morgan fingerprint density at radius 3 is 2.20 bits per heavy atom. The van der Waals surface area contributed by atoms with Crippen LogP contribution in [0, 0.1) is 0 Å². The summed E-state index contributed by atoms with van der Waals surface area (Å²) in [6.45, 7) is 11.3. The van der Waals surface area contributed by atoms with E-state index in [4.69, 9.17) is 39.8 Å². The molecule has 0 aliphatic carbocycles. The molecule has 4 rings (SSSR count). The van der Waals surface area contributed by atoms with E-state index in [1.54, 1.807) is 48.4 Å². The van der Waals surface area contributed by atoms with Crippen LogP contribution in [0.2, 0.25) is 15.1 Å². The quantitative estimate of drug-likeness (QED) is 0.135. The topological polar surface area (TPSA) is 78.5 Å². The second-order valence-corrected chi connectivity index (χ2v) is 10.1. The third kappa shape index (κ3) is 6.04. The number of carbonyl (C=O) groups excluding carboxylic acids is 1. The lowest BCUT2D eigenvalue weighted by atomic mass is 10.2. The lowest BCUT2D eigenvalue weighted by Crippen LogP contribution is -2.51. The number of nitrogens with zero attached hydrogens (tertiary/aromatic N) is 7. The Morgan fingerprint density at radius 2 is 1.62 bits per heavy atom. The third-order valence-corrected chi connectivity index (χ3v) is 7.17. The highest BCUT2D eigenvalue weighted by molar-refractivity contribution is 6.36. The normalized spacial score (nSPS) is 14.6. The Kier molecular flexibility index (Phi) is 9.58. The molecular formula is C29H28Cl3N7O. The number of carbonyl (C=O) groups is 1. The van der Waals surface area contributed by atoms with E-state index in [-0.39, 0.29) is 5.91 Å². The molecule has 1 amide bonds. The van der Waals surface area contributed by atoms with Crippen molar-refractivity contribution in [3.63, 3.8) is 0 Å². The van der Waals surface area contributed by atoms with Gasteiger partial charge >= 0.3 is 0 Å². The second kappa shape index (κ2) is 13.1. The molecule has 0 atom stereocenters. The van der Waals surface area contributed by atoms with E-state index >= 15 is 0 Å². The van der Waals surface area contributed by atoms with Gasteiger partial charge < -0.3 is 9.80 Å². The number of amidine groups is 1. The molecule has 3 aromatic rings. The van der Waals surface area contributed by atoms with Gasteiger partial charge in [0.1, 0.15) is 5.82 Å². The molecule has 8 nitrogen and oxygen atoms in total. The Balaban J connectivity index is 1.74. The van der Waals surface area contributed by atoms with Gasteiger partial charge in [0.15, 0.2) is 17.3 Å². The zero-order valence-electron chi connectivity index (χ0n) is 22.2. The minimum Gasteiger partial charge on any atom is -0.351 e. The van der Waals surface area contributed by atoms with Gasteiger partial charge in [-0.2, -0.15) is 0 Å². The molecule has 0 unspecified atom stereocenters. The maximum Gasteiger partial charge on any atom is 0.255 e. The average Bonchev–Trinajstić information content (AvgIpc) is 3.32. The standard InChI is InChI=1S/C29H28Cl3N7O/c1-5-6-19(18-33-2)29(40)38-15-13-37(14-16-38)27(34-3)25-28(35-4)39(22-10-7-20(30)8-11-22)26(36-25)23-12-9-21(31)17-24(23)32/h5-12,17-18H,2,4,13-16H2,1,3H3/b6-5-,19-18+,34-27+. The van der Waals surface area contributed by atoms with Gasteiger partial charge in [0.05, 0.1) is 10.6 Å². The number of benzene rings is 2. The zero-order valence-corrected chi connectivity index (χ0v) is 24.5. The molecule has 0 radical (unpaired) electrons. The molecule has 0 bridgehead atoms. The summed E-state index contributed by atoms with van der Waals surface area (Å²) in [4.78, 5) is 34.7.